The van der Waals surface area contributed by atoms with Crippen LogP contribution in [0.1, 0.15) is 43.5 Å². The monoisotopic (exact) mass is 282 g/mol. The second-order valence-electron chi connectivity index (χ2n) is 5.84. The molecule has 21 heavy (non-hydrogen) atoms. The molecule has 3 heteroatoms. The van der Waals surface area contributed by atoms with E-state index in [1.54, 1.807) is 0 Å². The van der Waals surface area contributed by atoms with Gasteiger partial charge in [0, 0.05) is 18.4 Å². The lowest BCUT2D eigenvalue weighted by Gasteiger charge is -2.22. The lowest BCUT2D eigenvalue weighted by molar-refractivity contribution is -0.0394. The van der Waals surface area contributed by atoms with Crippen molar-refractivity contribution in [1.82, 2.24) is 9.78 Å². The molecule has 1 aliphatic heterocycles. The van der Waals surface area contributed by atoms with Gasteiger partial charge < -0.3 is 4.74 Å². The Kier molecular flexibility index (Phi) is 3.93. The van der Waals surface area contributed by atoms with E-state index in [4.69, 9.17) is 4.74 Å². The summed E-state index contributed by atoms with van der Waals surface area (Å²) in [6.07, 6.45) is 7.54. The van der Waals surface area contributed by atoms with Gasteiger partial charge >= 0.3 is 0 Å². The topological polar surface area (TPSA) is 27.1 Å². The SMILES string of the molecule is C=C(C)c1ccc(-c2cnn(C3CCCCO3)c2)cc1C. The third kappa shape index (κ3) is 2.93. The highest BCUT2D eigenvalue weighted by Gasteiger charge is 2.16. The molecular weight excluding hydrogens is 260 g/mol. The quantitative estimate of drug-likeness (QED) is 0.823. The molecule has 0 bridgehead atoms. The summed E-state index contributed by atoms with van der Waals surface area (Å²) in [4.78, 5) is 0. The molecule has 1 aliphatic rings. The van der Waals surface area contributed by atoms with E-state index in [9.17, 15) is 0 Å². The fourth-order valence-corrected chi connectivity index (χ4v) is 2.90. The van der Waals surface area contributed by atoms with Crippen molar-refractivity contribution in [2.75, 3.05) is 6.61 Å². The summed E-state index contributed by atoms with van der Waals surface area (Å²) in [5, 5.41) is 4.48. The number of nitrogens with zero attached hydrogens (tertiary/aromatic N) is 2. The van der Waals surface area contributed by atoms with Crippen molar-refractivity contribution >= 4 is 5.57 Å². The molecule has 2 heterocycles. The summed E-state index contributed by atoms with van der Waals surface area (Å²) < 4.78 is 7.73. The van der Waals surface area contributed by atoms with Crippen LogP contribution < -0.4 is 0 Å². The predicted molar refractivity (Wildman–Crippen MR) is 85.9 cm³/mol. The minimum absolute atomic E-state index is 0.100. The van der Waals surface area contributed by atoms with Crippen LogP contribution in [0.5, 0.6) is 0 Å². The van der Waals surface area contributed by atoms with E-state index in [0.29, 0.717) is 0 Å². The zero-order valence-electron chi connectivity index (χ0n) is 12.8. The normalized spacial score (nSPS) is 18.7. The maximum atomic E-state index is 5.78. The van der Waals surface area contributed by atoms with Crippen LogP contribution in [0.4, 0.5) is 0 Å². The van der Waals surface area contributed by atoms with E-state index in [1.165, 1.54) is 23.1 Å². The number of allylic oxidation sites excluding steroid dienone is 1. The molecule has 1 aromatic heterocycles. The Bertz CT molecular complexity index is 651. The Morgan fingerprint density at radius 3 is 2.86 bits per heavy atom. The minimum Gasteiger partial charge on any atom is -0.357 e. The van der Waals surface area contributed by atoms with E-state index in [-0.39, 0.29) is 6.23 Å². The highest BCUT2D eigenvalue weighted by atomic mass is 16.5. The zero-order chi connectivity index (χ0) is 14.8. The van der Waals surface area contributed by atoms with E-state index in [2.05, 4.69) is 43.0 Å². The first-order valence-electron chi connectivity index (χ1n) is 7.58. The van der Waals surface area contributed by atoms with Gasteiger partial charge in [-0.25, -0.2) is 4.68 Å². The molecule has 0 saturated carbocycles. The Hall–Kier alpha value is -1.87. The van der Waals surface area contributed by atoms with Crippen LogP contribution in [0, 0.1) is 6.92 Å². The second kappa shape index (κ2) is 5.86. The van der Waals surface area contributed by atoms with E-state index in [1.807, 2.05) is 17.8 Å². The zero-order valence-corrected chi connectivity index (χ0v) is 12.8. The molecule has 0 N–H and O–H groups in total. The highest BCUT2D eigenvalue weighted by Crippen LogP contribution is 2.27. The van der Waals surface area contributed by atoms with Gasteiger partial charge in [-0.1, -0.05) is 30.4 Å². The van der Waals surface area contributed by atoms with Gasteiger partial charge in [0.25, 0.3) is 0 Å². The van der Waals surface area contributed by atoms with Gasteiger partial charge in [-0.3, -0.25) is 0 Å². The minimum atomic E-state index is 0.100. The van der Waals surface area contributed by atoms with Gasteiger partial charge in [-0.15, -0.1) is 0 Å². The van der Waals surface area contributed by atoms with Crippen molar-refractivity contribution < 1.29 is 4.74 Å². The maximum Gasteiger partial charge on any atom is 0.150 e. The summed E-state index contributed by atoms with van der Waals surface area (Å²) >= 11 is 0. The van der Waals surface area contributed by atoms with Crippen LogP contribution in [0.2, 0.25) is 0 Å². The fourth-order valence-electron chi connectivity index (χ4n) is 2.90. The van der Waals surface area contributed by atoms with E-state index < -0.39 is 0 Å². The van der Waals surface area contributed by atoms with Crippen molar-refractivity contribution in [3.05, 3.63) is 48.3 Å². The van der Waals surface area contributed by atoms with E-state index in [0.717, 1.165) is 30.6 Å². The van der Waals surface area contributed by atoms with Crippen molar-refractivity contribution in [2.45, 2.75) is 39.3 Å². The van der Waals surface area contributed by atoms with Crippen molar-refractivity contribution in [2.24, 2.45) is 0 Å². The molecule has 3 nitrogen and oxygen atoms in total. The van der Waals surface area contributed by atoms with Crippen LogP contribution in [-0.2, 0) is 4.74 Å². The van der Waals surface area contributed by atoms with Gasteiger partial charge in [0.1, 0.15) is 6.23 Å². The number of ether oxygens (including phenoxy) is 1. The standard InChI is InChI=1S/C18H22N2O/c1-13(2)17-8-7-15(10-14(17)3)16-11-19-20(12-16)18-6-4-5-9-21-18/h7-8,10-12,18H,1,4-6,9H2,2-3H3. The van der Waals surface area contributed by atoms with Crippen LogP contribution in [0.3, 0.4) is 0 Å². The molecule has 0 aliphatic carbocycles. The molecule has 1 atom stereocenters. The van der Waals surface area contributed by atoms with Crippen molar-refractivity contribution in [3.63, 3.8) is 0 Å². The van der Waals surface area contributed by atoms with Crippen LogP contribution >= 0.6 is 0 Å². The lowest BCUT2D eigenvalue weighted by Crippen LogP contribution is -2.18. The Balaban J connectivity index is 1.85. The van der Waals surface area contributed by atoms with Gasteiger partial charge in [0.2, 0.25) is 0 Å². The average Bonchev–Trinajstić information content (AvgIpc) is 2.97. The lowest BCUT2D eigenvalue weighted by atomic mass is 9.98. The number of benzene rings is 1. The molecular formula is C18H22N2O. The predicted octanol–water partition coefficient (Wildman–Crippen LogP) is 4.59. The summed E-state index contributed by atoms with van der Waals surface area (Å²) in [5.74, 6) is 0. The maximum absolute atomic E-state index is 5.78. The molecule has 2 aromatic rings. The number of rotatable bonds is 3. The fraction of sp³-hybridized carbons (Fsp3) is 0.389. The number of aromatic nitrogens is 2. The summed E-state index contributed by atoms with van der Waals surface area (Å²) in [7, 11) is 0. The molecule has 1 aromatic carbocycles. The molecule has 3 rings (SSSR count). The largest absolute Gasteiger partial charge is 0.357 e. The average molecular weight is 282 g/mol. The number of hydrogen-bond acceptors (Lipinski definition) is 2. The Labute approximate surface area is 126 Å². The molecule has 0 amide bonds. The summed E-state index contributed by atoms with van der Waals surface area (Å²) in [6.45, 7) is 9.03. The highest BCUT2D eigenvalue weighted by molar-refractivity contribution is 5.70. The first-order chi connectivity index (χ1) is 10.1. The molecule has 0 spiro atoms. The second-order valence-corrected chi connectivity index (χ2v) is 5.84. The van der Waals surface area contributed by atoms with Gasteiger partial charge in [0.05, 0.1) is 6.20 Å². The van der Waals surface area contributed by atoms with Gasteiger partial charge in [-0.05, 0) is 49.8 Å². The van der Waals surface area contributed by atoms with Gasteiger partial charge in [-0.2, -0.15) is 5.10 Å². The van der Waals surface area contributed by atoms with Crippen molar-refractivity contribution in [1.29, 1.82) is 0 Å². The number of hydrogen-bond donors (Lipinski definition) is 0. The van der Waals surface area contributed by atoms with E-state index >= 15 is 0 Å². The smallest absolute Gasteiger partial charge is 0.150 e. The molecule has 1 saturated heterocycles. The molecule has 110 valence electrons. The summed E-state index contributed by atoms with van der Waals surface area (Å²) in [5.41, 5.74) is 5.91. The third-order valence-corrected chi connectivity index (χ3v) is 4.07. The Morgan fingerprint density at radius 1 is 1.33 bits per heavy atom. The number of aryl methyl sites for hydroxylation is 1. The van der Waals surface area contributed by atoms with Crippen molar-refractivity contribution in [3.8, 4) is 11.1 Å². The Morgan fingerprint density at radius 2 is 2.19 bits per heavy atom. The first-order valence-corrected chi connectivity index (χ1v) is 7.58. The third-order valence-electron chi connectivity index (χ3n) is 4.07. The summed E-state index contributed by atoms with van der Waals surface area (Å²) in [6, 6.07) is 6.48. The molecule has 0 radical (unpaired) electrons. The molecule has 1 fully saturated rings. The van der Waals surface area contributed by atoms with Crippen LogP contribution in [0.25, 0.3) is 16.7 Å². The van der Waals surface area contributed by atoms with Crippen LogP contribution in [0.15, 0.2) is 37.2 Å². The molecule has 1 unspecified atom stereocenters. The van der Waals surface area contributed by atoms with Gasteiger partial charge in [0.15, 0.2) is 0 Å². The first kappa shape index (κ1) is 14.1. The van der Waals surface area contributed by atoms with Crippen LogP contribution in [-0.4, -0.2) is 16.4 Å².